The number of fused-ring (bicyclic) bond motifs is 6. The Kier molecular flexibility index (Phi) is 5.39. The number of pyridine rings is 1. The number of nitrogens with zero attached hydrogens (tertiary/aromatic N) is 2. The number of rotatable bonds is 4. The van der Waals surface area contributed by atoms with E-state index in [9.17, 15) is 14.4 Å². The average molecular weight is 576 g/mol. The fraction of sp³-hybridized carbons (Fsp3) is 0.125. The Labute approximate surface area is 233 Å². The Hall–Kier alpha value is -4.36. The summed E-state index contributed by atoms with van der Waals surface area (Å²) in [4.78, 5) is 49.5. The third-order valence-corrected chi connectivity index (χ3v) is 8.72. The second-order valence-electron chi connectivity index (χ2n) is 10.0. The number of carbonyl (C=O) groups is 3. The van der Waals surface area contributed by atoms with Gasteiger partial charge in [0.05, 0.1) is 12.0 Å². The number of benzene rings is 3. The van der Waals surface area contributed by atoms with Gasteiger partial charge in [0.1, 0.15) is 11.5 Å². The van der Waals surface area contributed by atoms with Crippen LogP contribution in [0.4, 0.5) is 11.4 Å². The van der Waals surface area contributed by atoms with Gasteiger partial charge in [-0.15, -0.1) is 0 Å². The molecule has 1 unspecified atom stereocenters. The summed E-state index contributed by atoms with van der Waals surface area (Å²) < 4.78 is 0.847. The topological polar surface area (TPSA) is 79.4 Å². The van der Waals surface area contributed by atoms with Crippen LogP contribution >= 0.6 is 15.9 Å². The Morgan fingerprint density at radius 1 is 0.846 bits per heavy atom. The Bertz CT molecular complexity index is 1680. The summed E-state index contributed by atoms with van der Waals surface area (Å²) in [6, 6.07) is 24.3. The Morgan fingerprint density at radius 2 is 1.54 bits per heavy atom. The van der Waals surface area contributed by atoms with Gasteiger partial charge in [0.25, 0.3) is 0 Å². The Balaban J connectivity index is 1.54. The number of halogens is 1. The summed E-state index contributed by atoms with van der Waals surface area (Å²) in [5.41, 5.74) is 2.72. The highest BCUT2D eigenvalue weighted by Crippen LogP contribution is 2.58. The van der Waals surface area contributed by atoms with Gasteiger partial charge in [-0.05, 0) is 47.5 Å². The van der Waals surface area contributed by atoms with Crippen molar-refractivity contribution in [2.24, 2.45) is 5.92 Å². The van der Waals surface area contributed by atoms with Crippen molar-refractivity contribution < 1.29 is 14.4 Å². The minimum atomic E-state index is -1.32. The number of aromatic nitrogens is 1. The van der Waals surface area contributed by atoms with E-state index in [0.29, 0.717) is 16.8 Å². The predicted octanol–water partition coefficient (Wildman–Crippen LogP) is 5.70. The van der Waals surface area contributed by atoms with E-state index in [1.165, 1.54) is 0 Å². The van der Waals surface area contributed by atoms with Crippen LogP contribution in [-0.4, -0.2) is 34.5 Å². The lowest BCUT2D eigenvalue weighted by Gasteiger charge is -2.37. The maximum absolute atomic E-state index is 14.6. The molecule has 3 aliphatic heterocycles. The van der Waals surface area contributed by atoms with Crippen molar-refractivity contribution >= 4 is 50.9 Å². The molecule has 7 heteroatoms. The molecule has 4 atom stereocenters. The van der Waals surface area contributed by atoms with E-state index in [-0.39, 0.29) is 17.5 Å². The smallest absolute Gasteiger partial charge is 0.238 e. The van der Waals surface area contributed by atoms with Crippen LogP contribution in [0.2, 0.25) is 0 Å². The first-order valence-corrected chi connectivity index (χ1v) is 13.5. The molecule has 0 saturated carbocycles. The first-order chi connectivity index (χ1) is 19.0. The Morgan fingerprint density at radius 3 is 2.33 bits per heavy atom. The first-order valence-electron chi connectivity index (χ1n) is 12.7. The maximum Gasteiger partial charge on any atom is 0.238 e. The zero-order valence-corrected chi connectivity index (χ0v) is 22.2. The number of Topliss-reactive ketones (excluding diaryl/α,β-unsaturated/α-hetero) is 2. The number of ketones is 2. The molecule has 4 heterocycles. The highest BCUT2D eigenvalue weighted by molar-refractivity contribution is 9.10. The van der Waals surface area contributed by atoms with Gasteiger partial charge in [-0.3, -0.25) is 19.4 Å². The fourth-order valence-corrected chi connectivity index (χ4v) is 6.86. The monoisotopic (exact) mass is 575 g/mol. The van der Waals surface area contributed by atoms with E-state index in [4.69, 9.17) is 0 Å². The molecule has 0 aliphatic carbocycles. The zero-order chi connectivity index (χ0) is 26.7. The second-order valence-corrected chi connectivity index (χ2v) is 10.9. The molecule has 3 aliphatic rings. The maximum atomic E-state index is 14.6. The standard InChI is InChI=1S/C32H22BrN3O3/c33-22-12-9-20(10-13-22)30(38)28-27(29(37)21-15-17-34-18-16-21)32(23-6-2-3-7-24(23)35-31(32)39)26-14-11-19-5-1-4-8-25(19)36(26)28/h1-18,26-28H,(H,35,39)/t26?,27-,28+,32+/m0/s1. The normalized spacial score (nSPS) is 24.2. The van der Waals surface area contributed by atoms with E-state index >= 15 is 0 Å². The van der Waals surface area contributed by atoms with Crippen LogP contribution < -0.4 is 10.2 Å². The van der Waals surface area contributed by atoms with Crippen LogP contribution in [-0.2, 0) is 10.2 Å². The second kappa shape index (κ2) is 8.85. The summed E-state index contributed by atoms with van der Waals surface area (Å²) in [5, 5.41) is 3.05. The molecule has 4 aromatic rings. The molecule has 0 radical (unpaired) electrons. The number of carbonyl (C=O) groups excluding carboxylic acids is 3. The van der Waals surface area contributed by atoms with Crippen molar-refractivity contribution in [3.05, 3.63) is 130 Å². The number of nitrogens with one attached hydrogen (secondary N) is 1. The van der Waals surface area contributed by atoms with E-state index in [2.05, 4.69) is 26.2 Å². The van der Waals surface area contributed by atoms with Gasteiger partial charge in [0.15, 0.2) is 11.6 Å². The zero-order valence-electron chi connectivity index (χ0n) is 20.6. The van der Waals surface area contributed by atoms with Crippen molar-refractivity contribution in [1.29, 1.82) is 0 Å². The van der Waals surface area contributed by atoms with Crippen LogP contribution in [0.5, 0.6) is 0 Å². The molecule has 1 amide bonds. The molecule has 6 nitrogen and oxygen atoms in total. The largest absolute Gasteiger partial charge is 0.352 e. The van der Waals surface area contributed by atoms with Gasteiger partial charge in [0, 0.05) is 39.4 Å². The molecule has 1 spiro atoms. The summed E-state index contributed by atoms with van der Waals surface area (Å²) in [6.45, 7) is 0. The molecule has 3 aromatic carbocycles. The number of hydrogen-bond acceptors (Lipinski definition) is 5. The van der Waals surface area contributed by atoms with E-state index in [1.54, 1.807) is 36.7 Å². The molecule has 1 N–H and O–H groups in total. The van der Waals surface area contributed by atoms with Crippen molar-refractivity contribution in [2.45, 2.75) is 17.5 Å². The number of anilines is 2. The molecule has 7 rings (SSSR count). The summed E-state index contributed by atoms with van der Waals surface area (Å²) >= 11 is 3.45. The van der Waals surface area contributed by atoms with Crippen LogP contribution in [0.3, 0.4) is 0 Å². The van der Waals surface area contributed by atoms with Crippen molar-refractivity contribution in [2.75, 3.05) is 10.2 Å². The van der Waals surface area contributed by atoms with E-state index in [0.717, 1.165) is 21.3 Å². The molecule has 1 fully saturated rings. The van der Waals surface area contributed by atoms with Crippen LogP contribution in [0.15, 0.2) is 108 Å². The molecule has 1 saturated heterocycles. The lowest BCUT2D eigenvalue weighted by atomic mass is 9.64. The van der Waals surface area contributed by atoms with Gasteiger partial charge in [-0.25, -0.2) is 0 Å². The summed E-state index contributed by atoms with van der Waals surface area (Å²) in [5.74, 6) is -1.75. The van der Waals surface area contributed by atoms with Crippen molar-refractivity contribution in [1.82, 2.24) is 4.98 Å². The SMILES string of the molecule is O=C(c1ccncc1)[C@@H]1[C@H](C(=O)c2ccc(Br)cc2)N2c3ccccc3C=CC2[C@@]12C(=O)Nc1ccccc12. The molecule has 190 valence electrons. The quantitative estimate of drug-likeness (QED) is 0.316. The van der Waals surface area contributed by atoms with Gasteiger partial charge < -0.3 is 10.2 Å². The molecular formula is C32H22BrN3O3. The minimum absolute atomic E-state index is 0.209. The predicted molar refractivity (Wildman–Crippen MR) is 153 cm³/mol. The van der Waals surface area contributed by atoms with Crippen LogP contribution in [0.25, 0.3) is 6.08 Å². The van der Waals surface area contributed by atoms with E-state index < -0.39 is 23.4 Å². The lowest BCUT2D eigenvalue weighted by molar-refractivity contribution is -0.121. The number of para-hydroxylation sites is 2. The third kappa shape index (κ3) is 3.32. The third-order valence-electron chi connectivity index (χ3n) is 8.19. The van der Waals surface area contributed by atoms with Crippen molar-refractivity contribution in [3.8, 4) is 0 Å². The molecule has 39 heavy (non-hydrogen) atoms. The average Bonchev–Trinajstić information content (AvgIpc) is 3.45. The van der Waals surface area contributed by atoms with Gasteiger partial charge in [0.2, 0.25) is 5.91 Å². The summed E-state index contributed by atoms with van der Waals surface area (Å²) in [7, 11) is 0. The van der Waals surface area contributed by atoms with Gasteiger partial charge in [-0.2, -0.15) is 0 Å². The molecule has 0 bridgehead atoms. The highest BCUT2D eigenvalue weighted by atomic mass is 79.9. The van der Waals surface area contributed by atoms with Crippen molar-refractivity contribution in [3.63, 3.8) is 0 Å². The molecular weight excluding hydrogens is 554 g/mol. The highest BCUT2D eigenvalue weighted by Gasteiger charge is 2.70. The summed E-state index contributed by atoms with van der Waals surface area (Å²) in [6.07, 6.45) is 7.09. The van der Waals surface area contributed by atoms with Crippen LogP contribution in [0.1, 0.15) is 31.8 Å². The fourth-order valence-electron chi connectivity index (χ4n) is 6.60. The lowest BCUT2D eigenvalue weighted by Crippen LogP contribution is -2.51. The van der Waals surface area contributed by atoms with Crippen LogP contribution in [0, 0.1) is 5.92 Å². The van der Waals surface area contributed by atoms with Gasteiger partial charge >= 0.3 is 0 Å². The first kappa shape index (κ1) is 23.7. The molecule has 1 aromatic heterocycles. The van der Waals surface area contributed by atoms with Gasteiger partial charge in [-0.1, -0.05) is 76.6 Å². The number of hydrogen-bond donors (Lipinski definition) is 1. The van der Waals surface area contributed by atoms with E-state index in [1.807, 2.05) is 77.7 Å². The number of amides is 1. The minimum Gasteiger partial charge on any atom is -0.352 e.